The Morgan fingerprint density at radius 1 is 1.19 bits per heavy atom. The number of carbonyl (C=O) groups is 1. The number of halogens is 1. The van der Waals surface area contributed by atoms with Gasteiger partial charge in [-0.25, -0.2) is 14.8 Å². The molecule has 4 rings (SSSR count). The molecule has 3 aromatic rings. The van der Waals surface area contributed by atoms with Crippen molar-refractivity contribution in [2.24, 2.45) is 0 Å². The van der Waals surface area contributed by atoms with Crippen LogP contribution in [0.1, 0.15) is 34.7 Å². The molecule has 1 aliphatic rings. The van der Waals surface area contributed by atoms with Crippen molar-refractivity contribution >= 4 is 45.1 Å². The third-order valence-electron chi connectivity index (χ3n) is 4.41. The molecule has 2 aromatic heterocycles. The minimum atomic E-state index is -0.523. The van der Waals surface area contributed by atoms with Gasteiger partial charge in [-0.3, -0.25) is 5.32 Å². The van der Waals surface area contributed by atoms with Crippen molar-refractivity contribution in [3.8, 4) is 0 Å². The summed E-state index contributed by atoms with van der Waals surface area (Å²) in [5.74, 6) is 1.21. The number of fused-ring (bicyclic) bond motifs is 3. The summed E-state index contributed by atoms with van der Waals surface area (Å²) < 4.78 is 5.34. The van der Waals surface area contributed by atoms with Crippen molar-refractivity contribution in [3.63, 3.8) is 0 Å². The van der Waals surface area contributed by atoms with E-state index >= 15 is 0 Å². The van der Waals surface area contributed by atoms with Gasteiger partial charge in [-0.2, -0.15) is 0 Å². The van der Waals surface area contributed by atoms with Crippen LogP contribution < -0.4 is 5.32 Å². The Morgan fingerprint density at radius 2 is 2.00 bits per heavy atom. The maximum atomic E-state index is 12.3. The smallest absolute Gasteiger partial charge is 0.413 e. The van der Waals surface area contributed by atoms with E-state index in [0.717, 1.165) is 35.0 Å². The summed E-state index contributed by atoms with van der Waals surface area (Å²) in [4.78, 5) is 23.5. The molecular weight excluding hydrogens is 370 g/mol. The number of amides is 1. The van der Waals surface area contributed by atoms with Crippen molar-refractivity contribution in [1.29, 1.82) is 0 Å². The summed E-state index contributed by atoms with van der Waals surface area (Å²) in [7, 11) is 0. The lowest BCUT2D eigenvalue weighted by Gasteiger charge is -2.12. The summed E-state index contributed by atoms with van der Waals surface area (Å²) in [6.07, 6.45) is 3.87. The third kappa shape index (κ3) is 3.52. The topological polar surface area (TPSA) is 64.1 Å². The van der Waals surface area contributed by atoms with Gasteiger partial charge in [-0.15, -0.1) is 22.9 Å². The van der Waals surface area contributed by atoms with Crippen LogP contribution >= 0.6 is 22.9 Å². The first-order valence-electron chi connectivity index (χ1n) is 8.59. The zero-order valence-electron chi connectivity index (χ0n) is 14.1. The molecule has 134 valence electrons. The van der Waals surface area contributed by atoms with Gasteiger partial charge in [-0.05, 0) is 36.8 Å². The van der Waals surface area contributed by atoms with E-state index in [2.05, 4.69) is 15.3 Å². The number of hydrogen-bond donors (Lipinski definition) is 1. The van der Waals surface area contributed by atoms with Gasteiger partial charge in [-0.1, -0.05) is 30.3 Å². The Balaban J connectivity index is 1.60. The molecule has 1 aliphatic carbocycles. The first-order chi connectivity index (χ1) is 12.7. The van der Waals surface area contributed by atoms with Crippen LogP contribution in [0.3, 0.4) is 0 Å². The highest BCUT2D eigenvalue weighted by Gasteiger charge is 2.22. The summed E-state index contributed by atoms with van der Waals surface area (Å²) in [6, 6.07) is 9.58. The van der Waals surface area contributed by atoms with Crippen molar-refractivity contribution in [2.75, 3.05) is 5.32 Å². The van der Waals surface area contributed by atoms with Crippen LogP contribution in [-0.4, -0.2) is 16.1 Å². The molecule has 26 heavy (non-hydrogen) atoms. The molecule has 2 heterocycles. The number of benzene rings is 1. The SMILES string of the molecule is O=C(Nc1nc(CCl)nc2sc3c(c12)CCCC3)OCc1ccccc1. The number of ether oxygens (including phenoxy) is 1. The van der Waals surface area contributed by atoms with Crippen LogP contribution in [0.15, 0.2) is 30.3 Å². The molecule has 0 spiro atoms. The number of rotatable bonds is 4. The van der Waals surface area contributed by atoms with Crippen molar-refractivity contribution < 1.29 is 9.53 Å². The maximum Gasteiger partial charge on any atom is 0.413 e. The second-order valence-corrected chi connectivity index (χ2v) is 7.55. The van der Waals surface area contributed by atoms with Gasteiger partial charge in [0.2, 0.25) is 0 Å². The average molecular weight is 388 g/mol. The van der Waals surface area contributed by atoms with Crippen LogP contribution in [0.4, 0.5) is 10.6 Å². The van der Waals surface area contributed by atoms with Crippen LogP contribution in [-0.2, 0) is 30.1 Å². The van der Waals surface area contributed by atoms with Gasteiger partial charge in [0, 0.05) is 4.88 Å². The average Bonchev–Trinajstić information content (AvgIpc) is 3.05. The fourth-order valence-corrected chi connectivity index (χ4v) is 4.61. The Kier molecular flexibility index (Phi) is 5.04. The minimum absolute atomic E-state index is 0.201. The van der Waals surface area contributed by atoms with E-state index in [1.54, 1.807) is 11.3 Å². The highest BCUT2D eigenvalue weighted by atomic mass is 35.5. The molecule has 1 N–H and O–H groups in total. The first kappa shape index (κ1) is 17.2. The molecule has 0 aliphatic heterocycles. The summed E-state index contributed by atoms with van der Waals surface area (Å²) >= 11 is 7.62. The number of thiophene rings is 1. The largest absolute Gasteiger partial charge is 0.444 e. The van der Waals surface area contributed by atoms with Gasteiger partial charge >= 0.3 is 6.09 Å². The molecule has 0 fully saturated rings. The normalized spacial score (nSPS) is 13.4. The molecule has 0 unspecified atom stereocenters. The minimum Gasteiger partial charge on any atom is -0.444 e. The number of alkyl halides is 1. The highest BCUT2D eigenvalue weighted by Crippen LogP contribution is 2.38. The molecule has 1 amide bonds. The quantitative estimate of drug-likeness (QED) is 0.635. The van der Waals surface area contributed by atoms with Crippen molar-refractivity contribution in [3.05, 3.63) is 52.2 Å². The Bertz CT molecular complexity index is 943. The number of aryl methyl sites for hydroxylation is 2. The summed E-state index contributed by atoms with van der Waals surface area (Å²) in [6.45, 7) is 0.213. The lowest BCUT2D eigenvalue weighted by molar-refractivity contribution is 0.155. The zero-order valence-corrected chi connectivity index (χ0v) is 15.7. The molecule has 0 atom stereocenters. The number of hydrogen-bond acceptors (Lipinski definition) is 5. The van der Waals surface area contributed by atoms with Gasteiger partial charge in [0.05, 0.1) is 11.3 Å². The van der Waals surface area contributed by atoms with Gasteiger partial charge < -0.3 is 4.74 Å². The second-order valence-electron chi connectivity index (χ2n) is 6.20. The standard InChI is InChI=1S/C19H18ClN3O2S/c20-10-15-21-17(23-19(24)25-11-12-6-2-1-3-7-12)16-13-8-4-5-9-14(13)26-18(16)22-15/h1-3,6-7H,4-5,8-11H2,(H,21,22,23,24). The van der Waals surface area contributed by atoms with Crippen LogP contribution in [0.2, 0.25) is 0 Å². The molecule has 5 nitrogen and oxygen atoms in total. The number of aromatic nitrogens is 2. The lowest BCUT2D eigenvalue weighted by Crippen LogP contribution is -2.16. The van der Waals surface area contributed by atoms with Crippen LogP contribution in [0.25, 0.3) is 10.2 Å². The Hall–Kier alpha value is -2.18. The zero-order chi connectivity index (χ0) is 17.9. The number of anilines is 1. The molecule has 7 heteroatoms. The van der Waals surface area contributed by atoms with E-state index in [1.165, 1.54) is 16.9 Å². The van der Waals surface area contributed by atoms with Crippen molar-refractivity contribution in [2.45, 2.75) is 38.2 Å². The molecule has 1 aromatic carbocycles. The van der Waals surface area contributed by atoms with Crippen LogP contribution in [0.5, 0.6) is 0 Å². The van der Waals surface area contributed by atoms with E-state index in [9.17, 15) is 4.79 Å². The predicted molar refractivity (Wildman–Crippen MR) is 104 cm³/mol. The lowest BCUT2D eigenvalue weighted by atomic mass is 9.97. The maximum absolute atomic E-state index is 12.3. The fraction of sp³-hybridized carbons (Fsp3) is 0.316. The Morgan fingerprint density at radius 3 is 2.81 bits per heavy atom. The van der Waals surface area contributed by atoms with Gasteiger partial charge in [0.1, 0.15) is 23.1 Å². The Labute approximate surface area is 160 Å². The van der Waals surface area contributed by atoms with Gasteiger partial charge in [0.15, 0.2) is 0 Å². The first-order valence-corrected chi connectivity index (χ1v) is 9.94. The summed E-state index contributed by atoms with van der Waals surface area (Å²) in [5.41, 5.74) is 2.19. The van der Waals surface area contributed by atoms with E-state index < -0.39 is 6.09 Å². The molecule has 0 bridgehead atoms. The molecule has 0 saturated carbocycles. The van der Waals surface area contributed by atoms with Gasteiger partial charge in [0.25, 0.3) is 0 Å². The molecular formula is C19H18ClN3O2S. The predicted octanol–water partition coefficient (Wildman–Crippen LogP) is 5.06. The fourth-order valence-electron chi connectivity index (χ4n) is 3.21. The summed E-state index contributed by atoms with van der Waals surface area (Å²) in [5, 5.41) is 3.74. The monoisotopic (exact) mass is 387 g/mol. The van der Waals surface area contributed by atoms with E-state index in [-0.39, 0.29) is 12.5 Å². The van der Waals surface area contributed by atoms with Crippen LogP contribution in [0, 0.1) is 0 Å². The van der Waals surface area contributed by atoms with Crippen molar-refractivity contribution in [1.82, 2.24) is 9.97 Å². The third-order valence-corrected chi connectivity index (χ3v) is 5.84. The van der Waals surface area contributed by atoms with E-state index in [4.69, 9.17) is 16.3 Å². The van der Waals surface area contributed by atoms with E-state index in [1.807, 2.05) is 30.3 Å². The number of carbonyl (C=O) groups excluding carboxylic acids is 1. The highest BCUT2D eigenvalue weighted by molar-refractivity contribution is 7.19. The second kappa shape index (κ2) is 7.60. The molecule has 0 saturated heterocycles. The number of nitrogens with one attached hydrogen (secondary N) is 1. The number of nitrogens with zero attached hydrogens (tertiary/aromatic N) is 2. The van der Waals surface area contributed by atoms with E-state index in [0.29, 0.717) is 11.6 Å². The molecule has 0 radical (unpaired) electrons.